The van der Waals surface area contributed by atoms with Gasteiger partial charge in [0.25, 0.3) is 5.91 Å². The molecule has 1 heterocycles. The highest BCUT2D eigenvalue weighted by Gasteiger charge is 2.47. The Morgan fingerprint density at radius 1 is 1.23 bits per heavy atom. The summed E-state index contributed by atoms with van der Waals surface area (Å²) in [6.07, 6.45) is 1.51. The second-order valence-corrected chi connectivity index (χ2v) is 7.15. The molecule has 1 N–H and O–H groups in total. The van der Waals surface area contributed by atoms with Crippen LogP contribution in [0.4, 0.5) is 4.79 Å². The SMILES string of the molecule is CC(C)CC[C@]1(C)NC(=O)N(Cc2ccc(Cl)c(Cl)c2)C1=O. The maximum atomic E-state index is 12.6. The summed E-state index contributed by atoms with van der Waals surface area (Å²) in [6, 6.07) is 4.74. The summed E-state index contributed by atoms with van der Waals surface area (Å²) in [4.78, 5) is 26.0. The number of imide groups is 1. The molecule has 0 saturated carbocycles. The van der Waals surface area contributed by atoms with Gasteiger partial charge in [0, 0.05) is 0 Å². The fourth-order valence-electron chi connectivity index (χ4n) is 2.46. The van der Waals surface area contributed by atoms with Crippen molar-refractivity contribution in [3.05, 3.63) is 33.8 Å². The first-order valence-electron chi connectivity index (χ1n) is 7.31. The summed E-state index contributed by atoms with van der Waals surface area (Å²) in [5.74, 6) is 0.287. The standard InChI is InChI=1S/C16H20Cl2N2O2/c1-10(2)6-7-16(3)14(21)20(15(22)19-16)9-11-4-5-12(17)13(18)8-11/h4-5,8,10H,6-7,9H2,1-3H3,(H,19,22)/t16-/m0/s1. The lowest BCUT2D eigenvalue weighted by molar-refractivity contribution is -0.131. The fraction of sp³-hybridized carbons (Fsp3) is 0.500. The topological polar surface area (TPSA) is 49.4 Å². The van der Waals surface area contributed by atoms with Gasteiger partial charge in [0.05, 0.1) is 16.6 Å². The number of benzene rings is 1. The fourth-order valence-corrected chi connectivity index (χ4v) is 2.78. The van der Waals surface area contributed by atoms with Crippen LogP contribution in [0.1, 0.15) is 39.2 Å². The van der Waals surface area contributed by atoms with Gasteiger partial charge in [-0.1, -0.05) is 43.1 Å². The van der Waals surface area contributed by atoms with Gasteiger partial charge in [0.2, 0.25) is 0 Å². The zero-order valence-corrected chi connectivity index (χ0v) is 14.5. The predicted octanol–water partition coefficient (Wildman–Crippen LogP) is 4.24. The van der Waals surface area contributed by atoms with Crippen molar-refractivity contribution < 1.29 is 9.59 Å². The summed E-state index contributed by atoms with van der Waals surface area (Å²) >= 11 is 11.9. The largest absolute Gasteiger partial charge is 0.325 e. The van der Waals surface area contributed by atoms with Gasteiger partial charge in [-0.15, -0.1) is 0 Å². The van der Waals surface area contributed by atoms with Gasteiger partial charge in [-0.3, -0.25) is 9.69 Å². The molecule has 0 aromatic heterocycles. The summed E-state index contributed by atoms with van der Waals surface area (Å²) in [7, 11) is 0. The molecule has 1 aliphatic heterocycles. The van der Waals surface area contributed by atoms with E-state index in [-0.39, 0.29) is 18.5 Å². The monoisotopic (exact) mass is 342 g/mol. The van der Waals surface area contributed by atoms with Crippen molar-refractivity contribution in [3.63, 3.8) is 0 Å². The first-order valence-corrected chi connectivity index (χ1v) is 8.06. The van der Waals surface area contributed by atoms with E-state index < -0.39 is 5.54 Å². The quantitative estimate of drug-likeness (QED) is 0.813. The number of halogens is 2. The lowest BCUT2D eigenvalue weighted by Crippen LogP contribution is -2.44. The minimum Gasteiger partial charge on any atom is -0.323 e. The molecular weight excluding hydrogens is 323 g/mol. The van der Waals surface area contributed by atoms with Crippen LogP contribution in [-0.2, 0) is 11.3 Å². The summed E-state index contributed by atoms with van der Waals surface area (Å²) < 4.78 is 0. The summed E-state index contributed by atoms with van der Waals surface area (Å²) in [6.45, 7) is 6.17. The minimum absolute atomic E-state index is 0.191. The van der Waals surface area contributed by atoms with Gasteiger partial charge in [0.1, 0.15) is 5.54 Å². The Kier molecular flexibility index (Phi) is 5.03. The molecule has 1 saturated heterocycles. The van der Waals surface area contributed by atoms with Gasteiger partial charge in [-0.25, -0.2) is 4.79 Å². The maximum absolute atomic E-state index is 12.6. The van der Waals surface area contributed by atoms with Crippen molar-refractivity contribution in [1.29, 1.82) is 0 Å². The van der Waals surface area contributed by atoms with Crippen molar-refractivity contribution in [2.45, 2.75) is 45.7 Å². The van der Waals surface area contributed by atoms with Crippen molar-refractivity contribution in [3.8, 4) is 0 Å². The van der Waals surface area contributed by atoms with E-state index in [0.29, 0.717) is 22.4 Å². The van der Waals surface area contributed by atoms with Crippen molar-refractivity contribution in [1.82, 2.24) is 10.2 Å². The van der Waals surface area contributed by atoms with Crippen LogP contribution >= 0.6 is 23.2 Å². The molecule has 120 valence electrons. The van der Waals surface area contributed by atoms with E-state index in [4.69, 9.17) is 23.2 Å². The second-order valence-electron chi connectivity index (χ2n) is 6.33. The second kappa shape index (κ2) is 6.47. The molecule has 0 spiro atoms. The van der Waals surface area contributed by atoms with Crippen molar-refractivity contribution in [2.24, 2.45) is 5.92 Å². The summed E-state index contributed by atoms with van der Waals surface area (Å²) in [5, 5.41) is 3.67. The highest BCUT2D eigenvalue weighted by molar-refractivity contribution is 6.42. The highest BCUT2D eigenvalue weighted by Crippen LogP contribution is 2.28. The number of urea groups is 1. The van der Waals surface area contributed by atoms with Crippen LogP contribution in [0.5, 0.6) is 0 Å². The van der Waals surface area contributed by atoms with Gasteiger partial charge in [-0.2, -0.15) is 0 Å². The number of nitrogens with one attached hydrogen (secondary N) is 1. The van der Waals surface area contributed by atoms with Gasteiger partial charge >= 0.3 is 6.03 Å². The molecule has 0 radical (unpaired) electrons. The Hall–Kier alpha value is -1.26. The maximum Gasteiger partial charge on any atom is 0.325 e. The number of carbonyl (C=O) groups excluding carboxylic acids is 2. The minimum atomic E-state index is -0.822. The Labute approximate surface area is 140 Å². The molecule has 1 atom stereocenters. The number of nitrogens with zero attached hydrogens (tertiary/aromatic N) is 1. The van der Waals surface area contributed by atoms with E-state index in [2.05, 4.69) is 19.2 Å². The molecule has 1 aromatic carbocycles. The molecule has 0 unspecified atom stereocenters. The molecule has 2 rings (SSSR count). The lowest BCUT2D eigenvalue weighted by atomic mass is 9.92. The molecule has 0 bridgehead atoms. The molecule has 4 nitrogen and oxygen atoms in total. The Balaban J connectivity index is 2.13. The number of hydrogen-bond acceptors (Lipinski definition) is 2. The third-order valence-electron chi connectivity index (χ3n) is 3.89. The van der Waals surface area contributed by atoms with Gasteiger partial charge < -0.3 is 5.32 Å². The van der Waals surface area contributed by atoms with E-state index in [1.165, 1.54) is 4.90 Å². The first-order chi connectivity index (χ1) is 10.2. The predicted molar refractivity (Wildman–Crippen MR) is 88.0 cm³/mol. The molecule has 6 heteroatoms. The zero-order chi connectivity index (χ0) is 16.5. The zero-order valence-electron chi connectivity index (χ0n) is 13.0. The van der Waals surface area contributed by atoms with Crippen LogP contribution in [0.2, 0.25) is 10.0 Å². The van der Waals surface area contributed by atoms with Crippen LogP contribution < -0.4 is 5.32 Å². The average Bonchev–Trinajstić information content (AvgIpc) is 2.65. The van der Waals surface area contributed by atoms with Gasteiger partial charge in [0.15, 0.2) is 0 Å². The van der Waals surface area contributed by atoms with Crippen LogP contribution in [0, 0.1) is 5.92 Å². The van der Waals surface area contributed by atoms with E-state index in [9.17, 15) is 9.59 Å². The van der Waals surface area contributed by atoms with E-state index in [1.54, 1.807) is 25.1 Å². The van der Waals surface area contributed by atoms with Crippen LogP contribution in [0.25, 0.3) is 0 Å². The third-order valence-corrected chi connectivity index (χ3v) is 4.63. The van der Waals surface area contributed by atoms with Crippen LogP contribution in [-0.4, -0.2) is 22.4 Å². The van der Waals surface area contributed by atoms with Crippen molar-refractivity contribution >= 4 is 35.1 Å². The summed E-state index contributed by atoms with van der Waals surface area (Å²) in [5.41, 5.74) is -0.0524. The molecule has 1 fully saturated rings. The van der Waals surface area contributed by atoms with Crippen LogP contribution in [0.3, 0.4) is 0 Å². The molecule has 22 heavy (non-hydrogen) atoms. The number of amides is 3. The molecular formula is C16H20Cl2N2O2. The average molecular weight is 343 g/mol. The molecule has 1 aliphatic rings. The molecule has 0 aliphatic carbocycles. The van der Waals surface area contributed by atoms with Gasteiger partial charge in [-0.05, 0) is 43.4 Å². The Morgan fingerprint density at radius 3 is 2.50 bits per heavy atom. The van der Waals surface area contributed by atoms with Crippen LogP contribution in [0.15, 0.2) is 18.2 Å². The Bertz CT molecular complexity index is 604. The van der Waals surface area contributed by atoms with E-state index in [1.807, 2.05) is 0 Å². The number of carbonyl (C=O) groups is 2. The smallest absolute Gasteiger partial charge is 0.323 e. The highest BCUT2D eigenvalue weighted by atomic mass is 35.5. The van der Waals surface area contributed by atoms with E-state index in [0.717, 1.165) is 12.0 Å². The normalized spacial score (nSPS) is 21.6. The third kappa shape index (κ3) is 3.55. The number of hydrogen-bond donors (Lipinski definition) is 1. The first kappa shape index (κ1) is 17.1. The lowest BCUT2D eigenvalue weighted by Gasteiger charge is -2.22. The van der Waals surface area contributed by atoms with E-state index >= 15 is 0 Å². The number of rotatable bonds is 5. The van der Waals surface area contributed by atoms with Crippen molar-refractivity contribution in [2.75, 3.05) is 0 Å². The molecule has 3 amide bonds. The molecule has 1 aromatic rings. The Morgan fingerprint density at radius 2 is 1.91 bits per heavy atom.